The van der Waals surface area contributed by atoms with Crippen molar-refractivity contribution in [3.8, 4) is 0 Å². The molecule has 0 aliphatic carbocycles. The highest BCUT2D eigenvalue weighted by atomic mass is 35.5. The number of piperidine rings is 1. The number of halogens is 1. The third-order valence-electron chi connectivity index (χ3n) is 5.85. The Kier molecular flexibility index (Phi) is 8.11. The van der Waals surface area contributed by atoms with Gasteiger partial charge >= 0.3 is 0 Å². The minimum absolute atomic E-state index is 0. The molecule has 1 aromatic rings. The van der Waals surface area contributed by atoms with Crippen molar-refractivity contribution >= 4 is 29.9 Å². The molecule has 0 radical (unpaired) electrons. The molecular formula is C21H32ClN3O2. The molecule has 2 aliphatic heterocycles. The largest absolute Gasteiger partial charge is 0.339 e. The Hall–Kier alpha value is -1.59. The van der Waals surface area contributed by atoms with E-state index in [-0.39, 0.29) is 24.2 Å². The van der Waals surface area contributed by atoms with Crippen LogP contribution in [0.15, 0.2) is 18.2 Å². The molecule has 0 bridgehead atoms. The fourth-order valence-corrected chi connectivity index (χ4v) is 4.21. The first-order valence-electron chi connectivity index (χ1n) is 9.95. The van der Waals surface area contributed by atoms with E-state index in [1.54, 1.807) is 0 Å². The highest BCUT2D eigenvalue weighted by molar-refractivity contribution is 6.05. The van der Waals surface area contributed by atoms with E-state index in [2.05, 4.69) is 17.6 Å². The number of carbonyl (C=O) groups excluding carboxylic acids is 2. The molecule has 2 fully saturated rings. The zero-order chi connectivity index (χ0) is 18.5. The third-order valence-corrected chi connectivity index (χ3v) is 5.85. The Labute approximate surface area is 168 Å². The predicted molar refractivity (Wildman–Crippen MR) is 112 cm³/mol. The number of hydrogen-bond donors (Lipinski definition) is 2. The summed E-state index contributed by atoms with van der Waals surface area (Å²) in [5.74, 6) is 1.02. The standard InChI is InChI=1S/C21H31N3O2.ClH/c1-15-6-5-7-18(20(15)21(26)24-12-3-4-13-24)23-19(25)14-16(2)17-8-10-22-11-9-17;/h5-7,16-17,22H,3-4,8-14H2,1-2H3,(H,23,25);1H. The Morgan fingerprint density at radius 3 is 2.56 bits per heavy atom. The molecule has 2 heterocycles. The molecule has 5 nitrogen and oxygen atoms in total. The monoisotopic (exact) mass is 393 g/mol. The van der Waals surface area contributed by atoms with Gasteiger partial charge < -0.3 is 15.5 Å². The second-order valence-electron chi connectivity index (χ2n) is 7.81. The first-order valence-corrected chi connectivity index (χ1v) is 9.95. The molecule has 0 saturated carbocycles. The van der Waals surface area contributed by atoms with Gasteiger partial charge in [0.2, 0.25) is 5.91 Å². The molecule has 1 atom stereocenters. The van der Waals surface area contributed by atoms with Crippen LogP contribution in [0.2, 0.25) is 0 Å². The second kappa shape index (κ2) is 10.1. The van der Waals surface area contributed by atoms with Crippen LogP contribution in [0.5, 0.6) is 0 Å². The quantitative estimate of drug-likeness (QED) is 0.803. The SMILES string of the molecule is Cc1cccc(NC(=O)CC(C)C2CCNCC2)c1C(=O)N1CCCC1.Cl. The van der Waals surface area contributed by atoms with Crippen LogP contribution < -0.4 is 10.6 Å². The average molecular weight is 394 g/mol. The van der Waals surface area contributed by atoms with Crippen molar-refractivity contribution in [2.75, 3.05) is 31.5 Å². The maximum Gasteiger partial charge on any atom is 0.256 e. The topological polar surface area (TPSA) is 61.4 Å². The number of nitrogens with zero attached hydrogens (tertiary/aromatic N) is 1. The van der Waals surface area contributed by atoms with E-state index < -0.39 is 0 Å². The first-order chi connectivity index (χ1) is 12.6. The molecule has 27 heavy (non-hydrogen) atoms. The van der Waals surface area contributed by atoms with Crippen LogP contribution in [0.1, 0.15) is 54.9 Å². The summed E-state index contributed by atoms with van der Waals surface area (Å²) in [7, 11) is 0. The van der Waals surface area contributed by atoms with Crippen molar-refractivity contribution in [2.24, 2.45) is 11.8 Å². The Morgan fingerprint density at radius 2 is 1.89 bits per heavy atom. The summed E-state index contributed by atoms with van der Waals surface area (Å²) in [5, 5.41) is 6.40. The Balaban J connectivity index is 0.00000261. The number of rotatable bonds is 5. The number of nitrogens with one attached hydrogen (secondary N) is 2. The van der Waals surface area contributed by atoms with Gasteiger partial charge in [-0.15, -0.1) is 12.4 Å². The van der Waals surface area contributed by atoms with Gasteiger partial charge in [-0.05, 0) is 69.2 Å². The summed E-state index contributed by atoms with van der Waals surface area (Å²) >= 11 is 0. The molecule has 2 saturated heterocycles. The second-order valence-corrected chi connectivity index (χ2v) is 7.81. The van der Waals surface area contributed by atoms with E-state index in [4.69, 9.17) is 0 Å². The van der Waals surface area contributed by atoms with Gasteiger partial charge in [0.05, 0.1) is 11.3 Å². The van der Waals surface area contributed by atoms with Crippen LogP contribution in [0.4, 0.5) is 5.69 Å². The number of hydrogen-bond acceptors (Lipinski definition) is 3. The lowest BCUT2D eigenvalue weighted by atomic mass is 9.84. The Bertz CT molecular complexity index is 653. The van der Waals surface area contributed by atoms with Crippen molar-refractivity contribution in [1.29, 1.82) is 0 Å². The van der Waals surface area contributed by atoms with E-state index in [1.807, 2.05) is 30.0 Å². The van der Waals surface area contributed by atoms with Gasteiger partial charge in [0.25, 0.3) is 5.91 Å². The van der Waals surface area contributed by atoms with Crippen molar-refractivity contribution in [3.05, 3.63) is 29.3 Å². The summed E-state index contributed by atoms with van der Waals surface area (Å²) < 4.78 is 0. The normalized spacial score (nSPS) is 18.7. The van der Waals surface area contributed by atoms with Crippen molar-refractivity contribution < 1.29 is 9.59 Å². The van der Waals surface area contributed by atoms with Crippen LogP contribution in [0.25, 0.3) is 0 Å². The van der Waals surface area contributed by atoms with Gasteiger partial charge in [0.15, 0.2) is 0 Å². The minimum atomic E-state index is 0. The fraction of sp³-hybridized carbons (Fsp3) is 0.619. The number of carbonyl (C=O) groups is 2. The summed E-state index contributed by atoms with van der Waals surface area (Å²) in [6.07, 6.45) is 4.91. The molecule has 2 aliphatic rings. The van der Waals surface area contributed by atoms with Gasteiger partial charge in [-0.1, -0.05) is 19.1 Å². The van der Waals surface area contributed by atoms with Crippen molar-refractivity contribution in [1.82, 2.24) is 10.2 Å². The third kappa shape index (κ3) is 5.45. The van der Waals surface area contributed by atoms with Gasteiger partial charge in [0.1, 0.15) is 0 Å². The van der Waals surface area contributed by atoms with E-state index in [0.29, 0.717) is 29.5 Å². The maximum absolute atomic E-state index is 12.9. The lowest BCUT2D eigenvalue weighted by molar-refractivity contribution is -0.117. The minimum Gasteiger partial charge on any atom is -0.339 e. The predicted octanol–water partition coefficient (Wildman–Crippen LogP) is 3.62. The van der Waals surface area contributed by atoms with Crippen LogP contribution in [0, 0.1) is 18.8 Å². The molecule has 1 aromatic carbocycles. The van der Waals surface area contributed by atoms with Crippen molar-refractivity contribution in [2.45, 2.75) is 46.0 Å². The van der Waals surface area contributed by atoms with Crippen LogP contribution in [-0.2, 0) is 4.79 Å². The lowest BCUT2D eigenvalue weighted by Crippen LogP contribution is -2.32. The maximum atomic E-state index is 12.9. The molecular weight excluding hydrogens is 362 g/mol. The summed E-state index contributed by atoms with van der Waals surface area (Å²) in [4.78, 5) is 27.4. The number of benzene rings is 1. The molecule has 1 unspecified atom stereocenters. The molecule has 6 heteroatoms. The van der Waals surface area contributed by atoms with Gasteiger partial charge in [-0.3, -0.25) is 9.59 Å². The van der Waals surface area contributed by atoms with Crippen LogP contribution >= 0.6 is 12.4 Å². The molecule has 0 spiro atoms. The lowest BCUT2D eigenvalue weighted by Gasteiger charge is -2.28. The molecule has 2 amide bonds. The van der Waals surface area contributed by atoms with Crippen LogP contribution in [0.3, 0.4) is 0 Å². The first kappa shape index (κ1) is 21.7. The molecule has 2 N–H and O–H groups in total. The molecule has 0 aromatic heterocycles. The van der Waals surface area contributed by atoms with E-state index in [9.17, 15) is 9.59 Å². The zero-order valence-corrected chi connectivity index (χ0v) is 17.2. The zero-order valence-electron chi connectivity index (χ0n) is 16.4. The number of aryl methyl sites for hydroxylation is 1. The van der Waals surface area contributed by atoms with Crippen LogP contribution in [-0.4, -0.2) is 42.9 Å². The van der Waals surface area contributed by atoms with Gasteiger partial charge in [0, 0.05) is 19.5 Å². The van der Waals surface area contributed by atoms with E-state index >= 15 is 0 Å². The Morgan fingerprint density at radius 1 is 1.22 bits per heavy atom. The fourth-order valence-electron chi connectivity index (χ4n) is 4.21. The average Bonchev–Trinajstić information content (AvgIpc) is 3.17. The highest BCUT2D eigenvalue weighted by Crippen LogP contribution is 2.27. The van der Waals surface area contributed by atoms with Gasteiger partial charge in [-0.25, -0.2) is 0 Å². The molecule has 150 valence electrons. The summed E-state index contributed by atoms with van der Waals surface area (Å²) in [6.45, 7) is 7.82. The number of amides is 2. The number of likely N-dealkylation sites (tertiary alicyclic amines) is 1. The summed E-state index contributed by atoms with van der Waals surface area (Å²) in [5.41, 5.74) is 2.23. The van der Waals surface area contributed by atoms with E-state index in [0.717, 1.165) is 57.4 Å². The van der Waals surface area contributed by atoms with E-state index in [1.165, 1.54) is 0 Å². The summed E-state index contributed by atoms with van der Waals surface area (Å²) in [6, 6.07) is 5.70. The van der Waals surface area contributed by atoms with Gasteiger partial charge in [-0.2, -0.15) is 0 Å². The smallest absolute Gasteiger partial charge is 0.256 e. The highest BCUT2D eigenvalue weighted by Gasteiger charge is 2.25. The number of anilines is 1. The van der Waals surface area contributed by atoms with Crippen molar-refractivity contribution in [3.63, 3.8) is 0 Å². The molecule has 3 rings (SSSR count).